The maximum absolute atomic E-state index is 13.0. The molecule has 126 valence electrons. The molecule has 0 radical (unpaired) electrons. The van der Waals surface area contributed by atoms with Crippen molar-refractivity contribution in [2.24, 2.45) is 11.7 Å². The molecule has 2 aromatic rings. The Kier molecular flexibility index (Phi) is 5.22. The lowest BCUT2D eigenvalue weighted by Crippen LogP contribution is -2.40. The number of nitrogens with two attached hydrogens (primary N) is 1. The Labute approximate surface area is 148 Å². The van der Waals surface area contributed by atoms with Gasteiger partial charge in [0.1, 0.15) is 0 Å². The highest BCUT2D eigenvalue weighted by molar-refractivity contribution is 6.30. The zero-order valence-corrected chi connectivity index (χ0v) is 14.6. The molecule has 0 aliphatic heterocycles. The van der Waals surface area contributed by atoms with E-state index in [-0.39, 0.29) is 17.9 Å². The van der Waals surface area contributed by atoms with Crippen LogP contribution in [0.1, 0.15) is 36.9 Å². The Morgan fingerprint density at radius 1 is 1.17 bits per heavy atom. The maximum atomic E-state index is 13.0. The molecule has 0 aromatic heterocycles. The summed E-state index contributed by atoms with van der Waals surface area (Å²) in [5.74, 6) is -0.121. The second kappa shape index (κ2) is 7.37. The van der Waals surface area contributed by atoms with Gasteiger partial charge in [0.25, 0.3) is 0 Å². The van der Waals surface area contributed by atoms with Crippen molar-refractivity contribution in [1.29, 1.82) is 0 Å². The smallest absolute Gasteiger partial charge is 0.227 e. The first-order valence-corrected chi connectivity index (χ1v) is 8.79. The number of hydrogen-bond acceptors (Lipinski definition) is 2. The second-order valence-electron chi connectivity index (χ2n) is 6.55. The van der Waals surface area contributed by atoms with Crippen molar-refractivity contribution in [3.05, 3.63) is 70.7 Å². The number of benzene rings is 2. The molecule has 1 fully saturated rings. The van der Waals surface area contributed by atoms with Crippen LogP contribution in [0.25, 0.3) is 0 Å². The number of rotatable bonds is 6. The zero-order valence-electron chi connectivity index (χ0n) is 13.9. The largest absolute Gasteiger partial charge is 0.335 e. The molecule has 0 spiro atoms. The number of nitrogens with zero attached hydrogens (tertiary/aromatic N) is 1. The van der Waals surface area contributed by atoms with E-state index in [0.717, 1.165) is 24.0 Å². The van der Waals surface area contributed by atoms with E-state index in [0.29, 0.717) is 17.6 Å². The lowest BCUT2D eigenvalue weighted by molar-refractivity contribution is -0.137. The topological polar surface area (TPSA) is 46.3 Å². The van der Waals surface area contributed by atoms with Crippen molar-refractivity contribution in [1.82, 2.24) is 4.90 Å². The van der Waals surface area contributed by atoms with Crippen LogP contribution < -0.4 is 5.73 Å². The third kappa shape index (κ3) is 3.97. The zero-order chi connectivity index (χ0) is 17.1. The number of halogens is 1. The molecule has 1 saturated carbocycles. The van der Waals surface area contributed by atoms with Gasteiger partial charge in [-0.3, -0.25) is 4.79 Å². The minimum atomic E-state index is -0.287. The predicted molar refractivity (Wildman–Crippen MR) is 97.6 cm³/mol. The van der Waals surface area contributed by atoms with Gasteiger partial charge in [0.15, 0.2) is 0 Å². The summed E-state index contributed by atoms with van der Waals surface area (Å²) in [6.45, 7) is 2.55. The van der Waals surface area contributed by atoms with E-state index < -0.39 is 0 Å². The average Bonchev–Trinajstić information content (AvgIpc) is 3.45. The molecule has 2 atom stereocenters. The van der Waals surface area contributed by atoms with E-state index in [9.17, 15) is 4.79 Å². The molecule has 0 bridgehead atoms. The first-order chi connectivity index (χ1) is 11.6. The maximum Gasteiger partial charge on any atom is 0.227 e. The number of hydrogen-bond donors (Lipinski definition) is 1. The van der Waals surface area contributed by atoms with E-state index in [4.69, 9.17) is 17.3 Å². The molecule has 2 N–H and O–H groups in total. The van der Waals surface area contributed by atoms with Crippen LogP contribution in [-0.4, -0.2) is 16.8 Å². The third-order valence-corrected chi connectivity index (χ3v) is 4.90. The summed E-state index contributed by atoms with van der Waals surface area (Å²) in [6, 6.07) is 17.6. The van der Waals surface area contributed by atoms with Gasteiger partial charge in [0, 0.05) is 23.7 Å². The highest BCUT2D eigenvalue weighted by atomic mass is 35.5. The van der Waals surface area contributed by atoms with Crippen molar-refractivity contribution in [2.45, 2.75) is 38.4 Å². The Morgan fingerprint density at radius 3 is 2.38 bits per heavy atom. The molecule has 2 aromatic carbocycles. The van der Waals surface area contributed by atoms with Crippen molar-refractivity contribution in [2.75, 3.05) is 0 Å². The minimum Gasteiger partial charge on any atom is -0.335 e. The van der Waals surface area contributed by atoms with Crippen LogP contribution in [0.5, 0.6) is 0 Å². The molecular weight excluding hydrogens is 320 g/mol. The Morgan fingerprint density at radius 2 is 1.79 bits per heavy atom. The standard InChI is InChI=1S/C20H23ClN2O/c1-14(19(22)16-5-3-2-4-6-16)20(24)23(18-11-12-18)13-15-7-9-17(21)10-8-15/h2-10,14,18-19H,11-13,22H2,1H3. The van der Waals surface area contributed by atoms with Crippen molar-refractivity contribution in [3.8, 4) is 0 Å². The number of carbonyl (C=O) groups is 1. The lowest BCUT2D eigenvalue weighted by Gasteiger charge is -2.29. The van der Waals surface area contributed by atoms with Crippen LogP contribution in [0, 0.1) is 5.92 Å². The van der Waals surface area contributed by atoms with Crippen molar-refractivity contribution >= 4 is 17.5 Å². The highest BCUT2D eigenvalue weighted by Crippen LogP contribution is 2.32. The molecule has 1 aliphatic rings. The molecule has 24 heavy (non-hydrogen) atoms. The van der Waals surface area contributed by atoms with Gasteiger partial charge in [-0.25, -0.2) is 0 Å². The summed E-state index contributed by atoms with van der Waals surface area (Å²) in [6.07, 6.45) is 2.15. The Hall–Kier alpha value is -1.84. The van der Waals surface area contributed by atoms with Crippen LogP contribution in [0.4, 0.5) is 0 Å². The summed E-state index contributed by atoms with van der Waals surface area (Å²) in [5, 5.41) is 0.711. The molecule has 3 rings (SSSR count). The highest BCUT2D eigenvalue weighted by Gasteiger charge is 2.36. The molecule has 1 amide bonds. The summed E-state index contributed by atoms with van der Waals surface area (Å²) in [4.78, 5) is 15.0. The fourth-order valence-corrected chi connectivity index (χ4v) is 3.06. The quantitative estimate of drug-likeness (QED) is 0.856. The number of carbonyl (C=O) groups excluding carboxylic acids is 1. The van der Waals surface area contributed by atoms with Gasteiger partial charge in [-0.05, 0) is 36.1 Å². The van der Waals surface area contributed by atoms with Gasteiger partial charge in [-0.1, -0.05) is 61.0 Å². The van der Waals surface area contributed by atoms with Crippen LogP contribution in [0.15, 0.2) is 54.6 Å². The summed E-state index contributed by atoms with van der Waals surface area (Å²) in [7, 11) is 0. The summed E-state index contributed by atoms with van der Waals surface area (Å²) >= 11 is 5.95. The van der Waals surface area contributed by atoms with Crippen LogP contribution in [0.3, 0.4) is 0 Å². The molecule has 4 heteroatoms. The molecule has 1 aliphatic carbocycles. The van der Waals surface area contributed by atoms with Gasteiger partial charge in [0.05, 0.1) is 5.92 Å². The molecule has 2 unspecified atom stereocenters. The van der Waals surface area contributed by atoms with Gasteiger partial charge in [0.2, 0.25) is 5.91 Å². The molecular formula is C20H23ClN2O. The molecule has 0 heterocycles. The van der Waals surface area contributed by atoms with E-state index >= 15 is 0 Å². The average molecular weight is 343 g/mol. The Balaban J connectivity index is 1.73. The van der Waals surface area contributed by atoms with E-state index in [2.05, 4.69) is 0 Å². The van der Waals surface area contributed by atoms with Gasteiger partial charge >= 0.3 is 0 Å². The van der Waals surface area contributed by atoms with Crippen molar-refractivity contribution in [3.63, 3.8) is 0 Å². The lowest BCUT2D eigenvalue weighted by atomic mass is 9.94. The minimum absolute atomic E-state index is 0.129. The Bertz CT molecular complexity index is 683. The number of amides is 1. The fourth-order valence-electron chi connectivity index (χ4n) is 2.94. The summed E-state index contributed by atoms with van der Waals surface area (Å²) in [5.41, 5.74) is 8.44. The van der Waals surface area contributed by atoms with Gasteiger partial charge in [-0.15, -0.1) is 0 Å². The first kappa shape index (κ1) is 17.0. The van der Waals surface area contributed by atoms with Gasteiger partial charge in [-0.2, -0.15) is 0 Å². The van der Waals surface area contributed by atoms with Gasteiger partial charge < -0.3 is 10.6 Å². The molecule has 0 saturated heterocycles. The molecule has 3 nitrogen and oxygen atoms in total. The second-order valence-corrected chi connectivity index (χ2v) is 6.99. The normalized spacial score (nSPS) is 16.5. The van der Waals surface area contributed by atoms with E-state index in [1.807, 2.05) is 66.4 Å². The first-order valence-electron chi connectivity index (χ1n) is 8.41. The van der Waals surface area contributed by atoms with Crippen LogP contribution in [-0.2, 0) is 11.3 Å². The predicted octanol–water partition coefficient (Wildman–Crippen LogP) is 4.17. The SMILES string of the molecule is CC(C(=O)N(Cc1ccc(Cl)cc1)C1CC1)C(N)c1ccccc1. The van der Waals surface area contributed by atoms with Crippen LogP contribution >= 0.6 is 11.6 Å². The van der Waals surface area contributed by atoms with Crippen molar-refractivity contribution < 1.29 is 4.79 Å². The summed E-state index contributed by atoms with van der Waals surface area (Å²) < 4.78 is 0. The van der Waals surface area contributed by atoms with Crippen LogP contribution in [0.2, 0.25) is 5.02 Å². The van der Waals surface area contributed by atoms with E-state index in [1.165, 1.54) is 0 Å². The fraction of sp³-hybridized carbons (Fsp3) is 0.350. The monoisotopic (exact) mass is 342 g/mol. The van der Waals surface area contributed by atoms with E-state index in [1.54, 1.807) is 0 Å². The third-order valence-electron chi connectivity index (χ3n) is 4.65.